The molecule has 0 atom stereocenters. The fraction of sp³-hybridized carbons (Fsp3) is 0.385. The predicted octanol–water partition coefficient (Wildman–Crippen LogP) is 1.33. The highest BCUT2D eigenvalue weighted by Gasteiger charge is 2.29. The molecular weight excluding hydrogens is 292 g/mol. The second-order valence-corrected chi connectivity index (χ2v) is 5.78. The molecule has 1 aliphatic carbocycles. The smallest absolute Gasteiger partial charge is 0.277 e. The molecule has 8 heteroatoms. The van der Waals surface area contributed by atoms with Crippen LogP contribution in [0.5, 0.6) is 0 Å². The van der Waals surface area contributed by atoms with E-state index in [9.17, 15) is 9.59 Å². The van der Waals surface area contributed by atoms with E-state index in [0.717, 1.165) is 24.6 Å². The van der Waals surface area contributed by atoms with E-state index in [2.05, 4.69) is 15.5 Å². The minimum atomic E-state index is -0.419. The quantitative estimate of drug-likeness (QED) is 0.838. The minimum Gasteiger partial charge on any atom is -0.416 e. The number of nitrogens with one attached hydrogen (secondary N) is 1. The van der Waals surface area contributed by atoms with Crippen LogP contribution in [0.2, 0.25) is 0 Å². The van der Waals surface area contributed by atoms with Crippen molar-refractivity contribution in [1.29, 1.82) is 0 Å². The third kappa shape index (κ3) is 3.33. The number of aryl methyl sites for hydroxylation is 1. The fourth-order valence-electron chi connectivity index (χ4n) is 1.83. The molecule has 0 radical (unpaired) electrons. The van der Waals surface area contributed by atoms with Gasteiger partial charge in [-0.25, -0.2) is 0 Å². The van der Waals surface area contributed by atoms with Gasteiger partial charge in [-0.1, -0.05) is 11.8 Å². The van der Waals surface area contributed by atoms with Gasteiger partial charge in [-0.15, -0.1) is 10.2 Å². The van der Waals surface area contributed by atoms with Crippen LogP contribution in [-0.2, 0) is 11.8 Å². The van der Waals surface area contributed by atoms with Crippen molar-refractivity contribution in [3.05, 3.63) is 29.9 Å². The average Bonchev–Trinajstić information content (AvgIpc) is 3.04. The maximum Gasteiger partial charge on any atom is 0.277 e. The molecular formula is C13H14N4O3S. The lowest BCUT2D eigenvalue weighted by molar-refractivity contribution is -0.117. The maximum absolute atomic E-state index is 11.8. The number of carbonyl (C=O) groups excluding carboxylic acids is 2. The van der Waals surface area contributed by atoms with Crippen molar-refractivity contribution in [3.63, 3.8) is 0 Å². The van der Waals surface area contributed by atoms with Gasteiger partial charge in [-0.3, -0.25) is 14.9 Å². The molecule has 110 valence electrons. The number of rotatable bonds is 5. The number of aromatic nitrogens is 3. The zero-order valence-electron chi connectivity index (χ0n) is 11.4. The molecule has 2 aromatic rings. The van der Waals surface area contributed by atoms with E-state index < -0.39 is 11.8 Å². The van der Waals surface area contributed by atoms with E-state index in [1.807, 2.05) is 0 Å². The van der Waals surface area contributed by atoms with Crippen LogP contribution in [0.15, 0.2) is 28.0 Å². The topological polar surface area (TPSA) is 90.0 Å². The molecule has 2 heterocycles. The zero-order chi connectivity index (χ0) is 14.8. The first-order valence-electron chi connectivity index (χ1n) is 6.55. The first-order valence-corrected chi connectivity index (χ1v) is 7.54. The molecule has 0 bridgehead atoms. The van der Waals surface area contributed by atoms with E-state index in [0.29, 0.717) is 22.7 Å². The van der Waals surface area contributed by atoms with Crippen LogP contribution in [0.1, 0.15) is 35.1 Å². The van der Waals surface area contributed by atoms with Crippen molar-refractivity contribution in [2.75, 3.05) is 5.75 Å². The van der Waals surface area contributed by atoms with Crippen LogP contribution in [-0.4, -0.2) is 32.3 Å². The Bertz CT molecular complexity index is 675. The second kappa shape index (κ2) is 5.72. The molecule has 3 rings (SSSR count). The molecule has 0 saturated heterocycles. The Kier molecular flexibility index (Phi) is 3.78. The normalized spacial score (nSPS) is 14.1. The monoisotopic (exact) mass is 306 g/mol. The summed E-state index contributed by atoms with van der Waals surface area (Å²) in [6.45, 7) is 0. The number of carbonyl (C=O) groups is 2. The molecule has 1 fully saturated rings. The Hall–Kier alpha value is -2.09. The van der Waals surface area contributed by atoms with Crippen LogP contribution in [0.3, 0.4) is 0 Å². The van der Waals surface area contributed by atoms with Crippen molar-refractivity contribution in [2.45, 2.75) is 24.0 Å². The number of amides is 2. The summed E-state index contributed by atoms with van der Waals surface area (Å²) in [4.78, 5) is 23.6. The van der Waals surface area contributed by atoms with Gasteiger partial charge in [0.15, 0.2) is 0 Å². The Labute approximate surface area is 125 Å². The summed E-state index contributed by atoms with van der Waals surface area (Å²) in [5.41, 5.74) is 0.433. The van der Waals surface area contributed by atoms with Gasteiger partial charge >= 0.3 is 0 Å². The zero-order valence-corrected chi connectivity index (χ0v) is 12.2. The van der Waals surface area contributed by atoms with E-state index in [1.54, 1.807) is 29.9 Å². The highest BCUT2D eigenvalue weighted by molar-refractivity contribution is 7.99. The van der Waals surface area contributed by atoms with Crippen LogP contribution in [0.4, 0.5) is 0 Å². The van der Waals surface area contributed by atoms with Crippen LogP contribution in [0, 0.1) is 0 Å². The molecule has 0 unspecified atom stereocenters. The molecule has 0 aromatic carbocycles. The Morgan fingerprint density at radius 3 is 2.95 bits per heavy atom. The van der Waals surface area contributed by atoms with Gasteiger partial charge < -0.3 is 8.98 Å². The van der Waals surface area contributed by atoms with E-state index in [-0.39, 0.29) is 5.75 Å². The minimum absolute atomic E-state index is 0.0580. The van der Waals surface area contributed by atoms with Crippen LogP contribution < -0.4 is 5.32 Å². The third-order valence-corrected chi connectivity index (χ3v) is 3.92. The van der Waals surface area contributed by atoms with Crippen LogP contribution in [0.25, 0.3) is 0 Å². The third-order valence-electron chi connectivity index (χ3n) is 3.10. The molecule has 0 spiro atoms. The van der Waals surface area contributed by atoms with E-state index in [1.165, 1.54) is 0 Å². The summed E-state index contributed by atoms with van der Waals surface area (Å²) in [5.74, 6) is 0.273. The largest absolute Gasteiger partial charge is 0.416 e. The van der Waals surface area contributed by atoms with Crippen LogP contribution >= 0.6 is 11.8 Å². The van der Waals surface area contributed by atoms with Gasteiger partial charge in [0.25, 0.3) is 11.1 Å². The molecule has 1 N–H and O–H groups in total. The first kappa shape index (κ1) is 13.9. The Morgan fingerprint density at radius 1 is 1.48 bits per heavy atom. The van der Waals surface area contributed by atoms with Gasteiger partial charge in [0, 0.05) is 19.2 Å². The molecule has 2 amide bonds. The number of nitrogens with zero attached hydrogens (tertiary/aromatic N) is 3. The molecule has 0 aliphatic heterocycles. The van der Waals surface area contributed by atoms with E-state index in [4.69, 9.17) is 4.42 Å². The number of thioether (sulfide) groups is 1. The van der Waals surface area contributed by atoms with Gasteiger partial charge in [0.05, 0.1) is 5.75 Å². The molecule has 2 aromatic heterocycles. The highest BCUT2D eigenvalue weighted by Crippen LogP contribution is 2.39. The maximum atomic E-state index is 11.8. The second-order valence-electron chi connectivity index (χ2n) is 4.85. The van der Waals surface area contributed by atoms with Crippen molar-refractivity contribution >= 4 is 23.6 Å². The molecule has 21 heavy (non-hydrogen) atoms. The summed E-state index contributed by atoms with van der Waals surface area (Å²) in [5, 5.41) is 10.5. The summed E-state index contributed by atoms with van der Waals surface area (Å²) in [6.07, 6.45) is 3.90. The van der Waals surface area contributed by atoms with E-state index >= 15 is 0 Å². The fourth-order valence-corrected chi connectivity index (χ4v) is 2.39. The van der Waals surface area contributed by atoms with Gasteiger partial charge in [-0.2, -0.15) is 0 Å². The Morgan fingerprint density at radius 2 is 2.29 bits per heavy atom. The molecule has 1 saturated carbocycles. The average molecular weight is 306 g/mol. The van der Waals surface area contributed by atoms with Crippen molar-refractivity contribution in [2.24, 2.45) is 7.05 Å². The summed E-state index contributed by atoms with van der Waals surface area (Å²) in [7, 11) is 1.74. The number of imide groups is 1. The van der Waals surface area contributed by atoms with Crippen molar-refractivity contribution < 1.29 is 14.0 Å². The number of hydrogen-bond acceptors (Lipinski definition) is 6. The summed E-state index contributed by atoms with van der Waals surface area (Å²) >= 11 is 1.13. The number of hydrogen-bond donors (Lipinski definition) is 1. The van der Waals surface area contributed by atoms with Gasteiger partial charge in [-0.05, 0) is 25.0 Å². The summed E-state index contributed by atoms with van der Waals surface area (Å²) < 4.78 is 7.07. The van der Waals surface area contributed by atoms with Crippen molar-refractivity contribution in [1.82, 2.24) is 20.1 Å². The lowest BCUT2D eigenvalue weighted by Crippen LogP contribution is -2.32. The molecule has 1 aliphatic rings. The highest BCUT2D eigenvalue weighted by atomic mass is 32.2. The van der Waals surface area contributed by atoms with Gasteiger partial charge in [0.1, 0.15) is 5.69 Å². The Balaban J connectivity index is 1.49. The predicted molar refractivity (Wildman–Crippen MR) is 74.9 cm³/mol. The lowest BCUT2D eigenvalue weighted by Gasteiger charge is -2.03. The standard InChI is InChI=1S/C13H14N4O3S/c1-17-6-2-3-9(17)11(19)14-10(18)7-21-13-16-15-12(20-13)8-4-5-8/h2-3,6,8H,4-5,7H2,1H3,(H,14,18,19). The molecule has 7 nitrogen and oxygen atoms in total. The first-order chi connectivity index (χ1) is 10.1. The summed E-state index contributed by atoms with van der Waals surface area (Å²) in [6, 6.07) is 3.39. The lowest BCUT2D eigenvalue weighted by atomic mass is 10.4. The van der Waals surface area contributed by atoms with Crippen molar-refractivity contribution in [3.8, 4) is 0 Å². The SMILES string of the molecule is Cn1cccc1C(=O)NC(=O)CSc1nnc(C2CC2)o1. The van der Waals surface area contributed by atoms with Gasteiger partial charge in [0.2, 0.25) is 11.8 Å².